The van der Waals surface area contributed by atoms with E-state index >= 15 is 0 Å². The molecule has 70 heavy (non-hydrogen) atoms. The molecule has 0 aromatic heterocycles. The van der Waals surface area contributed by atoms with Crippen molar-refractivity contribution < 1.29 is 97.6 Å². The van der Waals surface area contributed by atoms with E-state index in [4.69, 9.17) is 33.2 Å². The van der Waals surface area contributed by atoms with Gasteiger partial charge in [-0.2, -0.15) is 0 Å². The Morgan fingerprint density at radius 1 is 0.757 bits per heavy atom. The molecule has 7 N–H and O–H groups in total. The van der Waals surface area contributed by atoms with Gasteiger partial charge in [0.1, 0.15) is 49.3 Å². The van der Waals surface area contributed by atoms with Gasteiger partial charge in [-0.15, -0.1) is 0 Å². The molecule has 0 aromatic carbocycles. The van der Waals surface area contributed by atoms with Crippen LogP contribution in [0.15, 0.2) is 11.6 Å². The molecule has 20 nitrogen and oxygen atoms in total. The minimum Gasteiger partial charge on any atom is -0.467 e. The number of carbonyl (C=O) groups excluding carboxylic acids is 4. The molecule has 20 atom stereocenters. The van der Waals surface area contributed by atoms with Gasteiger partial charge in [-0.3, -0.25) is 4.79 Å². The number of hydrogen-bond acceptors (Lipinski definition) is 20. The molecule has 0 aromatic rings. The molecule has 5 aliphatic carbocycles. The van der Waals surface area contributed by atoms with Gasteiger partial charge in [0.15, 0.2) is 18.7 Å². The molecule has 4 saturated carbocycles. The topological polar surface area (TPSA) is 293 Å². The van der Waals surface area contributed by atoms with Crippen molar-refractivity contribution in [3.8, 4) is 0 Å². The van der Waals surface area contributed by atoms with Gasteiger partial charge in [0.2, 0.25) is 12.4 Å². The van der Waals surface area contributed by atoms with Crippen LogP contribution >= 0.6 is 0 Å². The Morgan fingerprint density at radius 2 is 1.44 bits per heavy atom. The molecule has 0 bridgehead atoms. The number of ether oxygens (including phenoxy) is 9. The molecule has 2 aliphatic heterocycles. The Labute approximate surface area is 409 Å². The fraction of sp³-hybridized carbons (Fsp3) is 0.880. The molecule has 7 aliphatic rings. The van der Waals surface area contributed by atoms with E-state index in [2.05, 4.69) is 64.0 Å². The van der Waals surface area contributed by atoms with Gasteiger partial charge in [-0.25, -0.2) is 14.4 Å². The third kappa shape index (κ3) is 9.15. The van der Waals surface area contributed by atoms with Gasteiger partial charge in [-0.1, -0.05) is 60.1 Å². The molecule has 398 valence electrons. The highest BCUT2D eigenvalue weighted by molar-refractivity contribution is 5.79. The molecular formula is C50H78O20. The summed E-state index contributed by atoms with van der Waals surface area (Å²) in [5, 5.41) is 75.6. The lowest BCUT2D eigenvalue weighted by atomic mass is 9.33. The summed E-state index contributed by atoms with van der Waals surface area (Å²) in [5.74, 6) is -3.46. The third-order valence-electron chi connectivity index (χ3n) is 18.9. The van der Waals surface area contributed by atoms with E-state index in [0.717, 1.165) is 59.9 Å². The number of methoxy groups -OCH3 is 3. The minimum absolute atomic E-state index is 0.0818. The Morgan fingerprint density at radius 3 is 2.09 bits per heavy atom. The van der Waals surface area contributed by atoms with E-state index in [0.29, 0.717) is 25.7 Å². The Bertz CT molecular complexity index is 1970. The quantitative estimate of drug-likeness (QED) is 0.0453. The fourth-order valence-electron chi connectivity index (χ4n) is 14.6. The van der Waals surface area contributed by atoms with Crippen LogP contribution in [0.2, 0.25) is 0 Å². The predicted molar refractivity (Wildman–Crippen MR) is 241 cm³/mol. The standard InChI is InChI=1S/C50H78O20/c1-45(2)17-19-50(44(61)70-42-33(55)32(54)31(53)26(22-51)66-42)20-18-48(6)24(25(50)21-45)11-12-28-47(5)15-14-29(46(3,4)27(47)13-16-49(28,48)7)67-43-35(57)37(34(56)38(69-43)40(60)64-10)68-41(36(58)39(59)63-9)65-23-30(52)62-8/h11,25-29,31-38,41-43,51,53-58H,12-23H2,1-10H3. The fourth-order valence-corrected chi connectivity index (χ4v) is 14.6. The normalized spacial score (nSPS) is 44.9. The molecule has 20 heteroatoms. The van der Waals surface area contributed by atoms with Crippen LogP contribution < -0.4 is 0 Å². The highest BCUT2D eigenvalue weighted by atomic mass is 16.7. The maximum Gasteiger partial charge on any atom is 0.340 e. The second-order valence-corrected chi connectivity index (χ2v) is 23.2. The lowest BCUT2D eigenvalue weighted by Crippen LogP contribution is -2.66. The van der Waals surface area contributed by atoms with Crippen LogP contribution in [0.4, 0.5) is 0 Å². The number of hydrogen-bond donors (Lipinski definition) is 7. The summed E-state index contributed by atoms with van der Waals surface area (Å²) in [7, 11) is 3.19. The van der Waals surface area contributed by atoms with Gasteiger partial charge in [0.25, 0.3) is 0 Å². The van der Waals surface area contributed by atoms with Crippen LogP contribution in [0.5, 0.6) is 0 Å². The average molecular weight is 999 g/mol. The van der Waals surface area contributed by atoms with E-state index in [1.165, 1.54) is 5.57 Å². The Balaban J connectivity index is 1.13. The highest BCUT2D eigenvalue weighted by Gasteiger charge is 2.70. The van der Waals surface area contributed by atoms with E-state index in [9.17, 15) is 54.9 Å². The van der Waals surface area contributed by atoms with Crippen LogP contribution in [-0.4, -0.2) is 174 Å². The first-order chi connectivity index (χ1) is 32.7. The minimum atomic E-state index is -2.15. The van der Waals surface area contributed by atoms with E-state index in [1.807, 2.05) is 0 Å². The molecule has 2 heterocycles. The van der Waals surface area contributed by atoms with Gasteiger partial charge < -0.3 is 78.4 Å². The van der Waals surface area contributed by atoms with Crippen LogP contribution in [-0.2, 0) is 61.8 Å². The first kappa shape index (κ1) is 54.9. The number of fused-ring (bicyclic) bond motifs is 7. The summed E-state index contributed by atoms with van der Waals surface area (Å²) in [4.78, 5) is 52.1. The lowest BCUT2D eigenvalue weighted by Gasteiger charge is -2.71. The van der Waals surface area contributed by atoms with Crippen molar-refractivity contribution in [3.63, 3.8) is 0 Å². The van der Waals surface area contributed by atoms with Crippen LogP contribution in [0.25, 0.3) is 0 Å². The first-order valence-corrected chi connectivity index (χ1v) is 24.8. The SMILES string of the molecule is COC(=O)COC(OC1C(O)C(OC2CCC3(C)C(CCC4(C)C3CC=C3C5CC(C)(C)CCC5(C(=O)OC5OC(CO)C(O)C(O)C5O)CCC34C)C2(C)C)OC(C(=O)OC)C1O)C(O)C(=O)OC. The smallest absolute Gasteiger partial charge is 0.340 e. The van der Waals surface area contributed by atoms with Crippen molar-refractivity contribution in [2.45, 2.75) is 193 Å². The van der Waals surface area contributed by atoms with Gasteiger partial charge >= 0.3 is 23.9 Å². The summed E-state index contributed by atoms with van der Waals surface area (Å²) < 4.78 is 49.6. The van der Waals surface area contributed by atoms with Crippen LogP contribution in [0.3, 0.4) is 0 Å². The summed E-state index contributed by atoms with van der Waals surface area (Å²) in [6.45, 7) is 14.4. The average Bonchev–Trinajstić information content (AvgIpc) is 3.32. The van der Waals surface area contributed by atoms with E-state index in [-0.39, 0.29) is 39.4 Å². The molecule has 2 saturated heterocycles. The lowest BCUT2D eigenvalue weighted by molar-refractivity contribution is -0.346. The van der Waals surface area contributed by atoms with Crippen LogP contribution in [0, 0.1) is 50.2 Å². The van der Waals surface area contributed by atoms with Crippen molar-refractivity contribution >= 4 is 23.9 Å². The van der Waals surface area contributed by atoms with Gasteiger partial charge in [0, 0.05) is 0 Å². The van der Waals surface area contributed by atoms with Crippen molar-refractivity contribution in [1.29, 1.82) is 0 Å². The van der Waals surface area contributed by atoms with Crippen LogP contribution in [0.1, 0.15) is 113 Å². The molecular weight excluding hydrogens is 921 g/mol. The van der Waals surface area contributed by atoms with Crippen molar-refractivity contribution in [3.05, 3.63) is 11.6 Å². The second kappa shape index (κ2) is 20.1. The summed E-state index contributed by atoms with van der Waals surface area (Å²) in [5.41, 5.74) is -0.995. The van der Waals surface area contributed by atoms with Crippen molar-refractivity contribution in [2.75, 3.05) is 34.5 Å². The molecule has 6 fully saturated rings. The number of aliphatic hydroxyl groups is 7. The van der Waals surface area contributed by atoms with Gasteiger partial charge in [0.05, 0.1) is 39.5 Å². The monoisotopic (exact) mass is 999 g/mol. The van der Waals surface area contributed by atoms with Crippen molar-refractivity contribution in [1.82, 2.24) is 0 Å². The maximum atomic E-state index is 14.7. The van der Waals surface area contributed by atoms with Gasteiger partial charge in [-0.05, 0) is 109 Å². The molecule has 0 spiro atoms. The number of carbonyl (C=O) groups is 4. The summed E-state index contributed by atoms with van der Waals surface area (Å²) in [6, 6.07) is 0. The molecule has 0 amide bonds. The molecule has 20 unspecified atom stereocenters. The zero-order valence-corrected chi connectivity index (χ0v) is 42.2. The number of rotatable bonds is 13. The first-order valence-electron chi connectivity index (χ1n) is 24.8. The van der Waals surface area contributed by atoms with E-state index in [1.54, 1.807) is 0 Å². The second-order valence-electron chi connectivity index (χ2n) is 23.2. The largest absolute Gasteiger partial charge is 0.467 e. The number of esters is 4. The number of aliphatic hydroxyl groups excluding tert-OH is 7. The van der Waals surface area contributed by atoms with E-state index < -0.39 is 128 Å². The molecule has 7 rings (SSSR count). The highest BCUT2D eigenvalue weighted by Crippen LogP contribution is 2.76. The molecule has 0 radical (unpaired) electrons. The maximum absolute atomic E-state index is 14.7. The third-order valence-corrected chi connectivity index (χ3v) is 18.9. The summed E-state index contributed by atoms with van der Waals surface area (Å²) >= 11 is 0. The predicted octanol–water partition coefficient (Wildman–Crippen LogP) is 1.57. The Kier molecular flexibility index (Phi) is 15.8. The van der Waals surface area contributed by atoms with Crippen molar-refractivity contribution in [2.24, 2.45) is 50.2 Å². The Hall–Kier alpha value is -2.86. The zero-order chi connectivity index (χ0) is 51.7. The zero-order valence-electron chi connectivity index (χ0n) is 42.2. The number of allylic oxidation sites excluding steroid dienone is 2. The summed E-state index contributed by atoms with van der Waals surface area (Å²) in [6.07, 6.45) is -11.8.